The maximum absolute atomic E-state index is 12.8. The van der Waals surface area contributed by atoms with Crippen LogP contribution in [0.3, 0.4) is 0 Å². The van der Waals surface area contributed by atoms with Crippen LogP contribution in [0.1, 0.15) is 76.0 Å². The molecule has 2 unspecified atom stereocenters. The number of hydrogen-bond donors (Lipinski definition) is 0. The van der Waals surface area contributed by atoms with E-state index >= 15 is 0 Å². The van der Waals surface area contributed by atoms with Crippen LogP contribution in [-0.2, 0) is 25.2 Å². The number of ketones is 1. The van der Waals surface area contributed by atoms with Gasteiger partial charge >= 0.3 is 5.97 Å². The minimum absolute atomic E-state index is 0.0209. The highest BCUT2D eigenvalue weighted by Gasteiger charge is 2.40. The van der Waals surface area contributed by atoms with Crippen molar-refractivity contribution >= 4 is 47.3 Å². The number of Topliss-reactive ketones (excluding diaryl/α,β-unsaturated/α-hetero) is 1. The van der Waals surface area contributed by atoms with Gasteiger partial charge in [-0.15, -0.1) is 11.3 Å². The van der Waals surface area contributed by atoms with Crippen LogP contribution in [0, 0.1) is 24.7 Å². The van der Waals surface area contributed by atoms with E-state index in [0.717, 1.165) is 32.1 Å². The molecule has 4 nitrogen and oxygen atoms in total. The average Bonchev–Trinajstić information content (AvgIpc) is 3.27. The van der Waals surface area contributed by atoms with Crippen molar-refractivity contribution in [3.05, 3.63) is 44.6 Å². The summed E-state index contributed by atoms with van der Waals surface area (Å²) >= 11 is 5.50. The summed E-state index contributed by atoms with van der Waals surface area (Å²) in [5.41, 5.74) is 0. The fraction of sp³-hybridized carbons (Fsp3) is 0.667. The van der Waals surface area contributed by atoms with Gasteiger partial charge in [-0.3, -0.25) is 9.59 Å². The molecule has 2 rings (SSSR count). The van der Waals surface area contributed by atoms with Gasteiger partial charge in [-0.25, -0.2) is 0 Å². The molecule has 0 aliphatic heterocycles. The predicted molar refractivity (Wildman–Crippen MR) is 162 cm³/mol. The number of halogens is 1. The summed E-state index contributed by atoms with van der Waals surface area (Å²) in [6.45, 7) is 15.8. The lowest BCUT2D eigenvalue weighted by molar-refractivity contribution is -0.140. The number of rotatable bonds is 13. The summed E-state index contributed by atoms with van der Waals surface area (Å²) in [4.78, 5) is 26.8. The highest BCUT2D eigenvalue weighted by molar-refractivity contribution is 9.10. The highest BCUT2D eigenvalue weighted by atomic mass is 79.9. The molecular formula is C30H47BrO4SSi. The lowest BCUT2D eigenvalue weighted by Crippen LogP contribution is -2.43. The van der Waals surface area contributed by atoms with Gasteiger partial charge in [0.05, 0.1) is 13.2 Å². The van der Waals surface area contributed by atoms with Crippen molar-refractivity contribution in [3.63, 3.8) is 0 Å². The largest absolute Gasteiger partial charge is 0.469 e. The Morgan fingerprint density at radius 1 is 1.30 bits per heavy atom. The molecule has 0 saturated heterocycles. The quantitative estimate of drug-likeness (QED) is 0.0968. The number of allylic oxidation sites excluding steroid dienone is 3. The smallest absolute Gasteiger partial charge is 0.305 e. The van der Waals surface area contributed by atoms with E-state index in [0.29, 0.717) is 24.5 Å². The molecule has 0 N–H and O–H groups in total. The van der Waals surface area contributed by atoms with Crippen LogP contribution in [0.5, 0.6) is 0 Å². The summed E-state index contributed by atoms with van der Waals surface area (Å²) in [7, 11) is -0.530. The SMILES string of the molecule is COC(=O)CCCC=CC[C@H]1C(=O)CC(C)[C@@H]1C=CC(CCc1cc(Br)c(C)s1)O[Si](C)(C)C(C)(C)C. The van der Waals surface area contributed by atoms with E-state index in [-0.39, 0.29) is 28.9 Å². The summed E-state index contributed by atoms with van der Waals surface area (Å²) < 4.78 is 12.8. The number of methoxy groups -OCH3 is 1. The first-order valence-electron chi connectivity index (χ1n) is 13.6. The zero-order valence-electron chi connectivity index (χ0n) is 24.1. The van der Waals surface area contributed by atoms with Gasteiger partial charge in [-0.1, -0.05) is 52.0 Å². The van der Waals surface area contributed by atoms with Crippen LogP contribution < -0.4 is 0 Å². The van der Waals surface area contributed by atoms with Crippen molar-refractivity contribution in [1.29, 1.82) is 0 Å². The summed E-state index contributed by atoms with van der Waals surface area (Å²) in [6, 6.07) is 2.23. The molecule has 208 valence electrons. The second-order valence-corrected chi connectivity index (χ2v) is 18.9. The molecule has 4 atom stereocenters. The third-order valence-electron chi connectivity index (χ3n) is 7.98. The number of aryl methyl sites for hydroxylation is 2. The van der Waals surface area contributed by atoms with Crippen LogP contribution in [0.2, 0.25) is 18.1 Å². The second-order valence-electron chi connectivity index (χ2n) is 12.0. The van der Waals surface area contributed by atoms with Gasteiger partial charge < -0.3 is 9.16 Å². The monoisotopic (exact) mass is 610 g/mol. The van der Waals surface area contributed by atoms with Crippen molar-refractivity contribution in [2.45, 2.75) is 104 Å². The molecule has 1 aliphatic rings. The Bertz CT molecular complexity index is 940. The van der Waals surface area contributed by atoms with E-state index in [9.17, 15) is 9.59 Å². The molecule has 0 radical (unpaired) electrons. The van der Waals surface area contributed by atoms with Gasteiger partial charge in [0.1, 0.15) is 5.78 Å². The zero-order valence-corrected chi connectivity index (χ0v) is 27.5. The Morgan fingerprint density at radius 2 is 2.00 bits per heavy atom. The second kappa shape index (κ2) is 14.4. The number of ether oxygens (including phenoxy) is 1. The van der Waals surface area contributed by atoms with Crippen LogP contribution in [0.25, 0.3) is 0 Å². The predicted octanol–water partition coefficient (Wildman–Crippen LogP) is 8.83. The molecule has 7 heteroatoms. The molecule has 0 aromatic carbocycles. The number of thiophene rings is 1. The van der Waals surface area contributed by atoms with Crippen molar-refractivity contribution < 1.29 is 18.8 Å². The minimum atomic E-state index is -1.95. The standard InChI is InChI=1S/C30H47BrO4SSi/c1-21-19-28(32)26(13-11-9-10-12-14-29(33)34-6)25(21)18-16-23(35-37(7,8)30(3,4)5)15-17-24-20-27(31)22(2)36-24/h9,11,16,18,20-21,23,25-26H,10,12-15,17,19H2,1-8H3/t21?,23?,25-,26+/m0/s1. The summed E-state index contributed by atoms with van der Waals surface area (Å²) in [6.07, 6.45) is 14.2. The molecule has 1 saturated carbocycles. The van der Waals surface area contributed by atoms with Gasteiger partial charge in [-0.05, 0) is 91.0 Å². The maximum Gasteiger partial charge on any atom is 0.305 e. The molecule has 1 aromatic rings. The topological polar surface area (TPSA) is 52.6 Å². The van der Waals surface area contributed by atoms with Crippen molar-refractivity contribution in [2.24, 2.45) is 17.8 Å². The molecule has 0 amide bonds. The van der Waals surface area contributed by atoms with Crippen LogP contribution in [0.4, 0.5) is 0 Å². The number of carbonyl (C=O) groups excluding carboxylic acids is 2. The molecule has 0 bridgehead atoms. The Labute approximate surface area is 238 Å². The Hall–Kier alpha value is -1.02. The fourth-order valence-electron chi connectivity index (χ4n) is 4.58. The van der Waals surface area contributed by atoms with E-state index in [1.54, 1.807) is 0 Å². The first kappa shape index (κ1) is 32.2. The van der Waals surface area contributed by atoms with Crippen LogP contribution in [0.15, 0.2) is 34.8 Å². The zero-order chi connectivity index (χ0) is 27.8. The Kier molecular flexibility index (Phi) is 12.5. The van der Waals surface area contributed by atoms with Gasteiger partial charge in [0.2, 0.25) is 0 Å². The number of unbranched alkanes of at least 4 members (excludes halogenated alkanes) is 1. The van der Waals surface area contributed by atoms with Gasteiger partial charge in [0.25, 0.3) is 0 Å². The van der Waals surface area contributed by atoms with Crippen molar-refractivity contribution in [1.82, 2.24) is 0 Å². The molecule has 1 aromatic heterocycles. The maximum atomic E-state index is 12.8. The lowest BCUT2D eigenvalue weighted by Gasteiger charge is -2.38. The highest BCUT2D eigenvalue weighted by Crippen LogP contribution is 2.40. The molecule has 1 fully saturated rings. The van der Waals surface area contributed by atoms with Gasteiger partial charge in [-0.2, -0.15) is 0 Å². The molecule has 1 aliphatic carbocycles. The van der Waals surface area contributed by atoms with Gasteiger partial charge in [0, 0.05) is 33.0 Å². The van der Waals surface area contributed by atoms with E-state index in [2.05, 4.69) is 94.0 Å². The Balaban J connectivity index is 2.10. The summed E-state index contributed by atoms with van der Waals surface area (Å²) in [5, 5.41) is 0.138. The van der Waals surface area contributed by atoms with E-state index in [1.807, 2.05) is 11.3 Å². The first-order valence-corrected chi connectivity index (χ1v) is 18.1. The van der Waals surface area contributed by atoms with E-state index in [1.165, 1.54) is 21.3 Å². The number of esters is 1. The van der Waals surface area contributed by atoms with Gasteiger partial charge in [0.15, 0.2) is 8.32 Å². The number of carbonyl (C=O) groups is 2. The number of hydrogen-bond acceptors (Lipinski definition) is 5. The average molecular weight is 612 g/mol. The molecule has 1 heterocycles. The third-order valence-corrected chi connectivity index (χ3v) is 14.7. The van der Waals surface area contributed by atoms with Crippen LogP contribution >= 0.6 is 27.3 Å². The third kappa shape index (κ3) is 9.90. The van der Waals surface area contributed by atoms with Crippen molar-refractivity contribution in [2.75, 3.05) is 7.11 Å². The van der Waals surface area contributed by atoms with Crippen molar-refractivity contribution in [3.8, 4) is 0 Å². The first-order chi connectivity index (χ1) is 17.2. The fourth-order valence-corrected chi connectivity index (χ4v) is 7.51. The normalized spacial score (nSPS) is 21.9. The lowest BCUT2D eigenvalue weighted by atomic mass is 9.87. The van der Waals surface area contributed by atoms with Crippen LogP contribution in [-0.4, -0.2) is 33.3 Å². The van der Waals surface area contributed by atoms with E-state index < -0.39 is 8.32 Å². The summed E-state index contributed by atoms with van der Waals surface area (Å²) in [5.74, 6) is 0.783. The van der Waals surface area contributed by atoms with E-state index in [4.69, 9.17) is 9.16 Å². The Morgan fingerprint density at radius 3 is 2.59 bits per heavy atom. The minimum Gasteiger partial charge on any atom is -0.469 e. The molecule has 0 spiro atoms. The molecule has 37 heavy (non-hydrogen) atoms. The molecular weight excluding hydrogens is 564 g/mol.